The number of esters is 2. The molecule has 0 saturated heterocycles. The summed E-state index contributed by atoms with van der Waals surface area (Å²) >= 11 is 5.87. The third-order valence-electron chi connectivity index (χ3n) is 5.83. The van der Waals surface area contributed by atoms with Crippen LogP contribution in [-0.2, 0) is 42.1 Å². The van der Waals surface area contributed by atoms with Gasteiger partial charge in [0.1, 0.15) is 18.0 Å². The van der Waals surface area contributed by atoms with Crippen LogP contribution in [0.5, 0.6) is 0 Å². The number of allylic oxidation sites excluding steroid dienone is 2. The molecule has 0 amide bonds. The number of methoxy groups -OCH3 is 1. The number of aromatic amines is 1. The summed E-state index contributed by atoms with van der Waals surface area (Å²) in [5, 5.41) is 0.248. The molecule has 200 valence electrons. The number of fused-ring (bicyclic) bond motifs is 1. The van der Waals surface area contributed by atoms with Crippen molar-refractivity contribution in [1.82, 2.24) is 9.29 Å². The van der Waals surface area contributed by atoms with Crippen molar-refractivity contribution in [2.45, 2.75) is 17.9 Å². The molecule has 1 aliphatic rings. The molecule has 12 heteroatoms. The van der Waals surface area contributed by atoms with Gasteiger partial charge in [0.25, 0.3) is 21.6 Å². The van der Waals surface area contributed by atoms with E-state index in [0.29, 0.717) is 4.31 Å². The molecule has 0 radical (unpaired) electrons. The predicted molar refractivity (Wildman–Crippen MR) is 139 cm³/mol. The Balaban J connectivity index is 1.80. The highest BCUT2D eigenvalue weighted by Gasteiger charge is 2.40. The SMILES string of the molecule is C=C1C(=O)C(=O)c2[nH]cc(C(=O)OCc3ccccc3)c2C/C=C(/C(=O)OC)N1S(=O)(=O)c1ccc(Cl)cc1. The maximum Gasteiger partial charge on any atom is 0.355 e. The number of hydrogen-bond donors (Lipinski definition) is 1. The number of halogens is 1. The molecule has 3 aromatic rings. The number of rotatable bonds is 6. The lowest BCUT2D eigenvalue weighted by molar-refractivity contribution is -0.137. The van der Waals surface area contributed by atoms with Gasteiger partial charge in [-0.15, -0.1) is 0 Å². The summed E-state index contributed by atoms with van der Waals surface area (Å²) in [5.74, 6) is -4.40. The third-order valence-corrected chi connectivity index (χ3v) is 7.84. The number of aromatic nitrogens is 1. The smallest absolute Gasteiger partial charge is 0.355 e. The van der Waals surface area contributed by atoms with Crippen LogP contribution in [0.1, 0.15) is 32.0 Å². The standard InChI is InChI=1S/C27H21ClN2O8S/c1-16-24(31)25(32)23-20(21(14-29-23)26(33)38-15-17-6-4-3-5-7-17)12-13-22(27(34)37-2)30(16)39(35,36)19-10-8-18(28)9-11-19/h3-11,13-14,29H,1,12,15H2,2H3/b22-13-. The van der Waals surface area contributed by atoms with E-state index >= 15 is 0 Å². The number of ketones is 2. The Hall–Kier alpha value is -4.48. The van der Waals surface area contributed by atoms with E-state index in [9.17, 15) is 27.6 Å². The molecular formula is C27H21ClN2O8S. The van der Waals surface area contributed by atoms with Crippen molar-refractivity contribution in [3.8, 4) is 0 Å². The molecule has 0 aliphatic carbocycles. The average Bonchev–Trinajstić information content (AvgIpc) is 3.37. The molecule has 0 bridgehead atoms. The number of carbonyl (C=O) groups is 4. The van der Waals surface area contributed by atoms with Crippen LogP contribution in [-0.4, -0.2) is 48.3 Å². The molecule has 0 fully saturated rings. The van der Waals surface area contributed by atoms with Crippen LogP contribution in [0.15, 0.2) is 89.7 Å². The normalized spacial score (nSPS) is 15.4. The van der Waals surface area contributed by atoms with Crippen LogP contribution in [0, 0.1) is 0 Å². The first kappa shape index (κ1) is 27.6. The maximum absolute atomic E-state index is 13.6. The molecule has 10 nitrogen and oxygen atoms in total. The molecule has 0 unspecified atom stereocenters. The van der Waals surface area contributed by atoms with Crippen molar-refractivity contribution in [3.05, 3.63) is 112 Å². The molecule has 1 aromatic heterocycles. The molecule has 4 rings (SSSR count). The first-order valence-electron chi connectivity index (χ1n) is 11.3. The van der Waals surface area contributed by atoms with Crippen molar-refractivity contribution in [3.63, 3.8) is 0 Å². The topological polar surface area (TPSA) is 140 Å². The molecule has 2 heterocycles. The third kappa shape index (κ3) is 5.40. The summed E-state index contributed by atoms with van der Waals surface area (Å²) in [6.07, 6.45) is 2.04. The number of nitrogens with one attached hydrogen (secondary N) is 1. The highest BCUT2D eigenvalue weighted by molar-refractivity contribution is 7.89. The minimum absolute atomic E-state index is 0.0337. The van der Waals surface area contributed by atoms with E-state index < -0.39 is 44.9 Å². The van der Waals surface area contributed by atoms with Crippen LogP contribution in [0.4, 0.5) is 0 Å². The second-order valence-electron chi connectivity index (χ2n) is 8.23. The summed E-state index contributed by atoms with van der Waals surface area (Å²) < 4.78 is 37.7. The van der Waals surface area contributed by atoms with Crippen LogP contribution < -0.4 is 0 Å². The second-order valence-corrected chi connectivity index (χ2v) is 10.5. The minimum atomic E-state index is -4.65. The zero-order valence-electron chi connectivity index (χ0n) is 20.5. The van der Waals surface area contributed by atoms with Crippen molar-refractivity contribution in [2.75, 3.05) is 7.11 Å². The van der Waals surface area contributed by atoms with Crippen molar-refractivity contribution in [2.24, 2.45) is 0 Å². The average molecular weight is 569 g/mol. The summed E-state index contributed by atoms with van der Waals surface area (Å²) in [7, 11) is -3.63. The highest BCUT2D eigenvalue weighted by atomic mass is 35.5. The zero-order chi connectivity index (χ0) is 28.3. The largest absolute Gasteiger partial charge is 0.464 e. The van der Waals surface area contributed by atoms with Gasteiger partial charge in [-0.05, 0) is 47.9 Å². The van der Waals surface area contributed by atoms with Crippen LogP contribution in [0.3, 0.4) is 0 Å². The first-order valence-corrected chi connectivity index (χ1v) is 13.2. The lowest BCUT2D eigenvalue weighted by atomic mass is 10.0. The monoisotopic (exact) mass is 568 g/mol. The van der Waals surface area contributed by atoms with E-state index in [1.165, 1.54) is 30.5 Å². The number of H-pyrrole nitrogens is 1. The maximum atomic E-state index is 13.6. The van der Waals surface area contributed by atoms with Gasteiger partial charge in [-0.25, -0.2) is 22.3 Å². The molecular weight excluding hydrogens is 548 g/mol. The van der Waals surface area contributed by atoms with E-state index in [-0.39, 0.29) is 39.8 Å². The Kier molecular flexibility index (Phi) is 7.84. The molecule has 0 spiro atoms. The molecule has 1 aliphatic heterocycles. The van der Waals surface area contributed by atoms with Gasteiger partial charge >= 0.3 is 11.9 Å². The summed E-state index contributed by atoms with van der Waals surface area (Å²) in [6.45, 7) is 3.46. The van der Waals surface area contributed by atoms with Gasteiger partial charge in [0.2, 0.25) is 0 Å². The number of hydrogen-bond acceptors (Lipinski definition) is 8. The number of carbonyl (C=O) groups excluding carboxylic acids is 4. The van der Waals surface area contributed by atoms with E-state index in [1.54, 1.807) is 24.3 Å². The van der Waals surface area contributed by atoms with Gasteiger partial charge in [-0.3, -0.25) is 9.59 Å². The van der Waals surface area contributed by atoms with E-state index in [0.717, 1.165) is 18.7 Å². The van der Waals surface area contributed by atoms with Gasteiger partial charge in [0.05, 0.1) is 23.3 Å². The molecule has 1 N–H and O–H groups in total. The Bertz CT molecular complexity index is 1620. The molecule has 39 heavy (non-hydrogen) atoms. The fraction of sp³-hybridized carbons (Fsp3) is 0.111. The number of nitrogens with zero attached hydrogens (tertiary/aromatic N) is 1. The number of benzene rings is 2. The lowest BCUT2D eigenvalue weighted by Crippen LogP contribution is -2.37. The first-order chi connectivity index (χ1) is 18.6. The highest BCUT2D eigenvalue weighted by Crippen LogP contribution is 2.30. The summed E-state index contributed by atoms with van der Waals surface area (Å²) in [6, 6.07) is 13.8. The van der Waals surface area contributed by atoms with Crippen LogP contribution in [0.25, 0.3) is 0 Å². The molecule has 2 aromatic carbocycles. The van der Waals surface area contributed by atoms with Crippen LogP contribution >= 0.6 is 11.6 Å². The number of Topliss-reactive ketones (excluding diaryl/α,β-unsaturated/α-hetero) is 2. The lowest BCUT2D eigenvalue weighted by Gasteiger charge is -2.25. The number of sulfonamides is 1. The Labute approximate surface area is 228 Å². The zero-order valence-corrected chi connectivity index (χ0v) is 22.0. The minimum Gasteiger partial charge on any atom is -0.464 e. The summed E-state index contributed by atoms with van der Waals surface area (Å²) in [5.41, 5.74) is -0.995. The quantitative estimate of drug-likeness (QED) is 0.270. The Morgan fingerprint density at radius 1 is 1.03 bits per heavy atom. The van der Waals surface area contributed by atoms with Crippen LogP contribution in [0.2, 0.25) is 5.02 Å². The van der Waals surface area contributed by atoms with Gasteiger partial charge in [0, 0.05) is 11.2 Å². The van der Waals surface area contributed by atoms with Crippen molar-refractivity contribution in [1.29, 1.82) is 0 Å². The summed E-state index contributed by atoms with van der Waals surface area (Å²) in [4.78, 5) is 54.4. The van der Waals surface area contributed by atoms with E-state index in [2.05, 4.69) is 11.6 Å². The van der Waals surface area contributed by atoms with Gasteiger partial charge in [-0.1, -0.05) is 48.5 Å². The van der Waals surface area contributed by atoms with Crippen molar-refractivity contribution < 1.29 is 37.1 Å². The van der Waals surface area contributed by atoms with Crippen molar-refractivity contribution >= 4 is 45.1 Å². The van der Waals surface area contributed by atoms with Gasteiger partial charge in [-0.2, -0.15) is 0 Å². The molecule has 0 atom stereocenters. The van der Waals surface area contributed by atoms with E-state index in [4.69, 9.17) is 21.1 Å². The number of ether oxygens (including phenoxy) is 2. The van der Waals surface area contributed by atoms with E-state index in [1.807, 2.05) is 6.07 Å². The van der Waals surface area contributed by atoms with Gasteiger partial charge in [0.15, 0.2) is 0 Å². The predicted octanol–water partition coefficient (Wildman–Crippen LogP) is 3.59. The fourth-order valence-corrected chi connectivity index (χ4v) is 5.47. The fourth-order valence-electron chi connectivity index (χ4n) is 3.87. The second kappa shape index (κ2) is 11.1. The Morgan fingerprint density at radius 2 is 1.69 bits per heavy atom. The van der Waals surface area contributed by atoms with Gasteiger partial charge < -0.3 is 14.5 Å². The molecule has 0 saturated carbocycles. The Morgan fingerprint density at radius 3 is 2.33 bits per heavy atom.